The number of hydrogen-bond acceptors (Lipinski definition) is 3. The Kier molecular flexibility index (Phi) is 6.41. The molecular weight excluding hydrogens is 160 g/mol. The van der Waals surface area contributed by atoms with Gasteiger partial charge in [0.05, 0.1) is 6.10 Å². The minimum atomic E-state index is -0.534. The highest BCUT2D eigenvalue weighted by Crippen LogP contribution is 1.76. The lowest BCUT2D eigenvalue weighted by atomic mass is 10.4. The molecule has 0 fully saturated rings. The van der Waals surface area contributed by atoms with Crippen molar-refractivity contribution in [2.24, 2.45) is 0 Å². The monoisotopic (exact) mass is 176 g/mol. The van der Waals surface area contributed by atoms with Gasteiger partial charge in [0.15, 0.2) is 0 Å². The van der Waals surface area contributed by atoms with Gasteiger partial charge in [0.1, 0.15) is 0 Å². The van der Waals surface area contributed by atoms with Gasteiger partial charge in [-0.05, 0) is 13.3 Å². The molecule has 1 unspecified atom stereocenters. The number of urea groups is 1. The fourth-order valence-electron chi connectivity index (χ4n) is 0.584. The van der Waals surface area contributed by atoms with Gasteiger partial charge in [-0.25, -0.2) is 4.79 Å². The molecule has 0 aromatic carbocycles. The highest BCUT2D eigenvalue weighted by molar-refractivity contribution is 5.73. The summed E-state index contributed by atoms with van der Waals surface area (Å²) in [6.45, 7) is 2.35. The molecule has 0 aromatic rings. The van der Waals surface area contributed by atoms with Crippen molar-refractivity contribution in [3.8, 4) is 0 Å². The van der Waals surface area contributed by atoms with E-state index in [0.29, 0.717) is 13.0 Å². The maximum absolute atomic E-state index is 10.8. The SMILES string of the molecule is CC(O)CNC(=O)NCCCO. The summed E-state index contributed by atoms with van der Waals surface area (Å²) in [6, 6.07) is -0.315. The van der Waals surface area contributed by atoms with Crippen LogP contribution in [0.5, 0.6) is 0 Å². The van der Waals surface area contributed by atoms with E-state index >= 15 is 0 Å². The molecule has 0 aromatic heterocycles. The van der Waals surface area contributed by atoms with E-state index in [-0.39, 0.29) is 19.2 Å². The molecule has 5 heteroatoms. The number of aliphatic hydroxyl groups excluding tert-OH is 2. The number of aliphatic hydroxyl groups is 2. The lowest BCUT2D eigenvalue weighted by molar-refractivity contribution is 0.187. The van der Waals surface area contributed by atoms with E-state index < -0.39 is 6.10 Å². The Labute approximate surface area is 71.8 Å². The second-order valence-corrected chi connectivity index (χ2v) is 2.56. The zero-order valence-corrected chi connectivity index (χ0v) is 7.21. The molecule has 0 rings (SSSR count). The molecule has 12 heavy (non-hydrogen) atoms. The number of carbonyl (C=O) groups excluding carboxylic acids is 1. The fraction of sp³-hybridized carbons (Fsp3) is 0.857. The van der Waals surface area contributed by atoms with Crippen molar-refractivity contribution >= 4 is 6.03 Å². The highest BCUT2D eigenvalue weighted by Gasteiger charge is 1.99. The first-order chi connectivity index (χ1) is 5.66. The minimum Gasteiger partial charge on any atom is -0.396 e. The van der Waals surface area contributed by atoms with Gasteiger partial charge in [0.25, 0.3) is 0 Å². The Balaban J connectivity index is 3.22. The molecule has 0 spiro atoms. The third kappa shape index (κ3) is 7.30. The molecule has 0 saturated carbocycles. The number of amides is 2. The topological polar surface area (TPSA) is 81.6 Å². The number of rotatable bonds is 5. The van der Waals surface area contributed by atoms with Crippen LogP contribution >= 0.6 is 0 Å². The Bertz CT molecular complexity index is 128. The summed E-state index contributed by atoms with van der Waals surface area (Å²) >= 11 is 0. The van der Waals surface area contributed by atoms with Crippen molar-refractivity contribution in [1.29, 1.82) is 0 Å². The molecule has 4 N–H and O–H groups in total. The van der Waals surface area contributed by atoms with Crippen LogP contribution in [0.25, 0.3) is 0 Å². The maximum Gasteiger partial charge on any atom is 0.314 e. The van der Waals surface area contributed by atoms with E-state index in [1.165, 1.54) is 0 Å². The van der Waals surface area contributed by atoms with Gasteiger partial charge in [-0.3, -0.25) is 0 Å². The summed E-state index contributed by atoms with van der Waals surface area (Å²) in [5, 5.41) is 22.2. The first-order valence-corrected chi connectivity index (χ1v) is 3.97. The molecule has 5 nitrogen and oxygen atoms in total. The van der Waals surface area contributed by atoms with Crippen molar-refractivity contribution in [3.05, 3.63) is 0 Å². The van der Waals surface area contributed by atoms with Crippen LogP contribution in [-0.2, 0) is 0 Å². The summed E-state index contributed by atoms with van der Waals surface area (Å²) in [4.78, 5) is 10.8. The van der Waals surface area contributed by atoms with E-state index in [1.807, 2.05) is 0 Å². The zero-order chi connectivity index (χ0) is 9.40. The average Bonchev–Trinajstić information content (AvgIpc) is 2.01. The maximum atomic E-state index is 10.8. The van der Waals surface area contributed by atoms with Crippen molar-refractivity contribution in [3.63, 3.8) is 0 Å². The fourth-order valence-corrected chi connectivity index (χ4v) is 0.584. The second-order valence-electron chi connectivity index (χ2n) is 2.56. The Morgan fingerprint density at radius 1 is 1.50 bits per heavy atom. The molecule has 0 radical (unpaired) electrons. The van der Waals surface area contributed by atoms with Crippen LogP contribution in [-0.4, -0.2) is 42.0 Å². The summed E-state index contributed by atoms with van der Waals surface area (Å²) in [6.07, 6.45) is 0.0100. The quantitative estimate of drug-likeness (QED) is 0.408. The van der Waals surface area contributed by atoms with Crippen LogP contribution in [0.4, 0.5) is 4.79 Å². The van der Waals surface area contributed by atoms with Crippen molar-refractivity contribution in [2.45, 2.75) is 19.4 Å². The van der Waals surface area contributed by atoms with E-state index in [4.69, 9.17) is 10.2 Å². The van der Waals surface area contributed by atoms with Crippen LogP contribution in [0.3, 0.4) is 0 Å². The third-order valence-corrected chi connectivity index (χ3v) is 1.18. The zero-order valence-electron chi connectivity index (χ0n) is 7.21. The normalized spacial score (nSPS) is 12.2. The molecule has 1 atom stereocenters. The Morgan fingerprint density at radius 3 is 2.67 bits per heavy atom. The van der Waals surface area contributed by atoms with Crippen molar-refractivity contribution in [1.82, 2.24) is 10.6 Å². The minimum absolute atomic E-state index is 0.0662. The molecule has 72 valence electrons. The molecule has 2 amide bonds. The van der Waals surface area contributed by atoms with Gasteiger partial charge in [0.2, 0.25) is 0 Å². The first kappa shape index (κ1) is 11.2. The lowest BCUT2D eigenvalue weighted by Gasteiger charge is -2.07. The molecular formula is C7H16N2O3. The highest BCUT2D eigenvalue weighted by atomic mass is 16.3. The van der Waals surface area contributed by atoms with Crippen LogP contribution in [0.2, 0.25) is 0 Å². The summed E-state index contributed by atoms with van der Waals surface area (Å²) in [5.41, 5.74) is 0. The standard InChI is InChI=1S/C7H16N2O3/c1-6(11)5-9-7(12)8-3-2-4-10/h6,10-11H,2-5H2,1H3,(H2,8,9,12). The van der Waals surface area contributed by atoms with Crippen molar-refractivity contribution in [2.75, 3.05) is 19.7 Å². The van der Waals surface area contributed by atoms with Crippen molar-refractivity contribution < 1.29 is 15.0 Å². The summed E-state index contributed by atoms with van der Waals surface area (Å²) < 4.78 is 0. The molecule has 0 aliphatic carbocycles. The smallest absolute Gasteiger partial charge is 0.314 e. The lowest BCUT2D eigenvalue weighted by Crippen LogP contribution is -2.39. The molecule has 0 heterocycles. The first-order valence-electron chi connectivity index (χ1n) is 3.97. The molecule has 0 saturated heterocycles. The molecule has 0 aliphatic rings. The Hall–Kier alpha value is -0.810. The van der Waals surface area contributed by atoms with Crippen LogP contribution in [0.1, 0.15) is 13.3 Å². The van der Waals surface area contributed by atoms with Gasteiger partial charge in [0, 0.05) is 19.7 Å². The Morgan fingerprint density at radius 2 is 2.17 bits per heavy atom. The predicted octanol–water partition coefficient (Wildman–Crippen LogP) is -0.951. The number of nitrogens with one attached hydrogen (secondary N) is 2. The second kappa shape index (κ2) is 6.87. The van der Waals surface area contributed by atoms with E-state index in [2.05, 4.69) is 10.6 Å². The van der Waals surface area contributed by atoms with Gasteiger partial charge in [-0.2, -0.15) is 0 Å². The summed E-state index contributed by atoms with van der Waals surface area (Å²) in [5.74, 6) is 0. The number of carbonyl (C=O) groups is 1. The molecule has 0 aliphatic heterocycles. The van der Waals surface area contributed by atoms with Gasteiger partial charge >= 0.3 is 6.03 Å². The largest absolute Gasteiger partial charge is 0.396 e. The molecule has 0 bridgehead atoms. The van der Waals surface area contributed by atoms with E-state index in [1.54, 1.807) is 6.92 Å². The van der Waals surface area contributed by atoms with Gasteiger partial charge < -0.3 is 20.8 Å². The third-order valence-electron chi connectivity index (χ3n) is 1.18. The van der Waals surface area contributed by atoms with Crippen LogP contribution < -0.4 is 10.6 Å². The van der Waals surface area contributed by atoms with Gasteiger partial charge in [-0.15, -0.1) is 0 Å². The average molecular weight is 176 g/mol. The van der Waals surface area contributed by atoms with Crippen LogP contribution in [0, 0.1) is 0 Å². The van der Waals surface area contributed by atoms with Gasteiger partial charge in [-0.1, -0.05) is 0 Å². The van der Waals surface area contributed by atoms with E-state index in [9.17, 15) is 4.79 Å². The van der Waals surface area contributed by atoms with E-state index in [0.717, 1.165) is 0 Å². The summed E-state index contributed by atoms with van der Waals surface area (Å²) in [7, 11) is 0. The number of hydrogen-bond donors (Lipinski definition) is 4. The van der Waals surface area contributed by atoms with Crippen LogP contribution in [0.15, 0.2) is 0 Å². The predicted molar refractivity (Wildman–Crippen MR) is 44.8 cm³/mol.